The van der Waals surface area contributed by atoms with Crippen molar-refractivity contribution in [2.75, 3.05) is 18.8 Å². The first-order valence-corrected chi connectivity index (χ1v) is 8.47. The number of nitrogens with two attached hydrogens (primary N) is 3. The van der Waals surface area contributed by atoms with Crippen molar-refractivity contribution in [3.05, 3.63) is 59.8 Å². The number of rotatable bonds is 3. The summed E-state index contributed by atoms with van der Waals surface area (Å²) in [5, 5.41) is 0. The molecule has 2 aromatic carbocycles. The minimum Gasteiger partial charge on any atom is -0.402 e. The zero-order valence-electron chi connectivity index (χ0n) is 14.8. The van der Waals surface area contributed by atoms with Crippen LogP contribution in [0.2, 0.25) is 0 Å². The molecule has 134 valence electrons. The first kappa shape index (κ1) is 17.5. The van der Waals surface area contributed by atoms with E-state index in [-0.39, 0.29) is 5.91 Å². The number of amidine groups is 1. The van der Waals surface area contributed by atoms with Gasteiger partial charge in [0.1, 0.15) is 5.84 Å². The molecule has 3 rings (SSSR count). The van der Waals surface area contributed by atoms with Gasteiger partial charge in [-0.15, -0.1) is 0 Å². The van der Waals surface area contributed by atoms with E-state index < -0.39 is 0 Å². The molecule has 0 bridgehead atoms. The number of aliphatic imine (C=N–C) groups is 1. The monoisotopic (exact) mass is 349 g/mol. The average molecular weight is 349 g/mol. The Bertz CT molecular complexity index is 883. The molecule has 0 aliphatic carbocycles. The van der Waals surface area contributed by atoms with E-state index in [4.69, 9.17) is 17.2 Å². The molecule has 1 heterocycles. The second-order valence-electron chi connectivity index (χ2n) is 6.36. The minimum atomic E-state index is 0.00860. The van der Waals surface area contributed by atoms with Gasteiger partial charge in [-0.25, -0.2) is 4.99 Å². The Labute approximate surface area is 153 Å². The molecule has 0 fully saturated rings. The van der Waals surface area contributed by atoms with Crippen LogP contribution < -0.4 is 17.2 Å². The Morgan fingerprint density at radius 3 is 2.46 bits per heavy atom. The molecule has 0 aromatic heterocycles. The molecule has 0 saturated carbocycles. The molecule has 1 amide bonds. The largest absolute Gasteiger partial charge is 0.402 e. The highest BCUT2D eigenvalue weighted by Crippen LogP contribution is 2.25. The van der Waals surface area contributed by atoms with E-state index >= 15 is 0 Å². The number of nitrogen functional groups attached to an aromatic ring is 1. The minimum absolute atomic E-state index is 0.00860. The third-order valence-corrected chi connectivity index (χ3v) is 4.48. The van der Waals surface area contributed by atoms with Crippen LogP contribution in [0.5, 0.6) is 0 Å². The summed E-state index contributed by atoms with van der Waals surface area (Å²) in [4.78, 5) is 17.8. The van der Waals surface area contributed by atoms with Crippen LogP contribution in [0.1, 0.15) is 13.3 Å². The van der Waals surface area contributed by atoms with Gasteiger partial charge in [0.2, 0.25) is 5.91 Å². The summed E-state index contributed by atoms with van der Waals surface area (Å²) >= 11 is 0. The SMILES string of the molecule is CC(=O)N1CCC(N)=C(C(N)=Nc2ccc(-c3cccc(N)c3)cc2)C1. The van der Waals surface area contributed by atoms with Gasteiger partial charge in [0.15, 0.2) is 0 Å². The van der Waals surface area contributed by atoms with Gasteiger partial charge in [-0.05, 0) is 35.4 Å². The van der Waals surface area contributed by atoms with Crippen molar-refractivity contribution >= 4 is 23.1 Å². The highest BCUT2D eigenvalue weighted by atomic mass is 16.2. The maximum atomic E-state index is 11.6. The topological polar surface area (TPSA) is 111 Å². The standard InChI is InChI=1S/C20H23N5O/c1-13(26)25-10-9-19(22)18(12-25)20(23)24-17-7-5-14(6-8-17)15-3-2-4-16(21)11-15/h2-8,11H,9-10,12,21-22H2,1H3,(H2,23,24). The third-order valence-electron chi connectivity index (χ3n) is 4.48. The number of carbonyl (C=O) groups excluding carboxylic acids is 1. The summed E-state index contributed by atoms with van der Waals surface area (Å²) in [6, 6.07) is 15.5. The molecule has 0 saturated heterocycles. The predicted octanol–water partition coefficient (Wildman–Crippen LogP) is 2.39. The summed E-state index contributed by atoms with van der Waals surface area (Å²) in [5.41, 5.74) is 23.1. The molecule has 0 atom stereocenters. The van der Waals surface area contributed by atoms with Gasteiger partial charge >= 0.3 is 0 Å². The predicted molar refractivity (Wildman–Crippen MR) is 106 cm³/mol. The molecule has 6 heteroatoms. The lowest BCUT2D eigenvalue weighted by molar-refractivity contribution is -0.128. The van der Waals surface area contributed by atoms with Crippen LogP contribution >= 0.6 is 0 Å². The molecular formula is C20H23N5O. The molecule has 1 aliphatic rings. The number of hydrogen-bond donors (Lipinski definition) is 3. The van der Waals surface area contributed by atoms with Crippen LogP contribution in [-0.2, 0) is 4.79 Å². The van der Waals surface area contributed by atoms with Crippen LogP contribution in [0.15, 0.2) is 64.8 Å². The zero-order chi connectivity index (χ0) is 18.7. The molecule has 1 aliphatic heterocycles. The summed E-state index contributed by atoms with van der Waals surface area (Å²) < 4.78 is 0. The van der Waals surface area contributed by atoms with Crippen LogP contribution in [0, 0.1) is 0 Å². The maximum absolute atomic E-state index is 11.6. The molecule has 6 nitrogen and oxygen atoms in total. The van der Waals surface area contributed by atoms with Gasteiger partial charge in [-0.1, -0.05) is 24.3 Å². The number of carbonyl (C=O) groups is 1. The smallest absolute Gasteiger partial charge is 0.219 e. The summed E-state index contributed by atoms with van der Waals surface area (Å²) in [6.07, 6.45) is 0.611. The van der Waals surface area contributed by atoms with Crippen molar-refractivity contribution in [2.24, 2.45) is 16.5 Å². The maximum Gasteiger partial charge on any atom is 0.219 e. The van der Waals surface area contributed by atoms with Gasteiger partial charge < -0.3 is 22.1 Å². The fourth-order valence-corrected chi connectivity index (χ4v) is 2.95. The van der Waals surface area contributed by atoms with Crippen LogP contribution in [0.25, 0.3) is 11.1 Å². The van der Waals surface area contributed by atoms with Crippen molar-refractivity contribution < 1.29 is 4.79 Å². The fraction of sp³-hybridized carbons (Fsp3) is 0.200. The number of hydrogen-bond acceptors (Lipinski definition) is 4. The molecule has 26 heavy (non-hydrogen) atoms. The number of amides is 1. The second kappa shape index (κ2) is 7.31. The molecule has 6 N–H and O–H groups in total. The van der Waals surface area contributed by atoms with Crippen molar-refractivity contribution in [1.82, 2.24) is 4.90 Å². The molecule has 2 aromatic rings. The zero-order valence-corrected chi connectivity index (χ0v) is 14.8. The van der Waals surface area contributed by atoms with Crippen LogP contribution in [-0.4, -0.2) is 29.7 Å². The molecule has 0 unspecified atom stereocenters. The average Bonchev–Trinajstić information content (AvgIpc) is 2.62. The summed E-state index contributed by atoms with van der Waals surface area (Å²) in [5.74, 6) is 0.361. The summed E-state index contributed by atoms with van der Waals surface area (Å²) in [6.45, 7) is 2.56. The fourth-order valence-electron chi connectivity index (χ4n) is 2.95. The van der Waals surface area contributed by atoms with Crippen molar-refractivity contribution in [1.29, 1.82) is 0 Å². The van der Waals surface area contributed by atoms with Crippen LogP contribution in [0.4, 0.5) is 11.4 Å². The number of nitrogens with zero attached hydrogens (tertiary/aromatic N) is 2. The van der Waals surface area contributed by atoms with E-state index in [9.17, 15) is 4.79 Å². The molecular weight excluding hydrogens is 326 g/mol. The number of anilines is 1. The highest BCUT2D eigenvalue weighted by molar-refractivity contribution is 6.00. The molecule has 0 radical (unpaired) electrons. The quantitative estimate of drug-likeness (QED) is 0.449. The lowest BCUT2D eigenvalue weighted by Crippen LogP contribution is -2.40. The summed E-state index contributed by atoms with van der Waals surface area (Å²) in [7, 11) is 0. The van der Waals surface area contributed by atoms with Gasteiger partial charge in [0.05, 0.1) is 12.2 Å². The highest BCUT2D eigenvalue weighted by Gasteiger charge is 2.21. The van der Waals surface area contributed by atoms with E-state index in [1.54, 1.807) is 11.8 Å². The van der Waals surface area contributed by atoms with Crippen molar-refractivity contribution in [3.8, 4) is 11.1 Å². The Morgan fingerprint density at radius 2 is 1.81 bits per heavy atom. The Hall–Kier alpha value is -3.28. The second-order valence-corrected chi connectivity index (χ2v) is 6.36. The van der Waals surface area contributed by atoms with E-state index in [0.29, 0.717) is 31.0 Å². The first-order chi connectivity index (χ1) is 12.4. The third kappa shape index (κ3) is 3.85. The Kier molecular flexibility index (Phi) is 4.93. The van der Waals surface area contributed by atoms with Crippen molar-refractivity contribution in [2.45, 2.75) is 13.3 Å². The number of benzene rings is 2. The van der Waals surface area contributed by atoms with E-state index in [0.717, 1.165) is 28.1 Å². The van der Waals surface area contributed by atoms with E-state index in [1.807, 2.05) is 48.5 Å². The first-order valence-electron chi connectivity index (χ1n) is 8.47. The Morgan fingerprint density at radius 1 is 1.08 bits per heavy atom. The Balaban J connectivity index is 1.82. The van der Waals surface area contributed by atoms with E-state index in [2.05, 4.69) is 4.99 Å². The lowest BCUT2D eigenvalue weighted by Gasteiger charge is -2.28. The molecule has 0 spiro atoms. The van der Waals surface area contributed by atoms with Gasteiger partial charge in [0.25, 0.3) is 0 Å². The van der Waals surface area contributed by atoms with E-state index in [1.165, 1.54) is 0 Å². The normalized spacial score (nSPS) is 15.3. The lowest BCUT2D eigenvalue weighted by atomic mass is 10.0. The van der Waals surface area contributed by atoms with Crippen molar-refractivity contribution in [3.63, 3.8) is 0 Å². The van der Waals surface area contributed by atoms with Gasteiger partial charge in [-0.2, -0.15) is 0 Å². The van der Waals surface area contributed by atoms with Crippen LogP contribution in [0.3, 0.4) is 0 Å². The van der Waals surface area contributed by atoms with Gasteiger partial charge in [0, 0.05) is 36.8 Å². The van der Waals surface area contributed by atoms with Gasteiger partial charge in [-0.3, -0.25) is 4.79 Å².